The minimum absolute atomic E-state index is 0.0607. The molecule has 1 aromatic rings. The van der Waals surface area contributed by atoms with Crippen molar-refractivity contribution in [3.63, 3.8) is 0 Å². The summed E-state index contributed by atoms with van der Waals surface area (Å²) in [7, 11) is 0. The third-order valence-corrected chi connectivity index (χ3v) is 4.61. The molecular formula is C13H16Br2N2O. The summed E-state index contributed by atoms with van der Waals surface area (Å²) in [5.74, 6) is 0.0607. The number of amides is 1. The molecule has 2 N–H and O–H groups in total. The quantitative estimate of drug-likeness (QED) is 0.845. The fraction of sp³-hybridized carbons (Fsp3) is 0.462. The van der Waals surface area contributed by atoms with Crippen molar-refractivity contribution < 1.29 is 4.79 Å². The number of anilines is 1. The zero-order chi connectivity index (χ0) is 13.2. The maximum absolute atomic E-state index is 12.4. The summed E-state index contributed by atoms with van der Waals surface area (Å²) in [6, 6.07) is 5.74. The van der Waals surface area contributed by atoms with Crippen molar-refractivity contribution in [1.29, 1.82) is 0 Å². The van der Waals surface area contributed by atoms with E-state index in [0.717, 1.165) is 40.4 Å². The average Bonchev–Trinajstić information content (AvgIpc) is 2.82. The zero-order valence-electron chi connectivity index (χ0n) is 10.2. The van der Waals surface area contributed by atoms with Crippen LogP contribution in [0.5, 0.6) is 0 Å². The van der Waals surface area contributed by atoms with E-state index in [0.29, 0.717) is 0 Å². The van der Waals surface area contributed by atoms with Crippen LogP contribution >= 0.6 is 31.9 Å². The zero-order valence-corrected chi connectivity index (χ0v) is 13.4. The molecule has 0 radical (unpaired) electrons. The van der Waals surface area contributed by atoms with E-state index in [9.17, 15) is 4.79 Å². The molecule has 1 aromatic carbocycles. The third-order valence-electron chi connectivity index (χ3n) is 3.46. The molecule has 0 spiro atoms. The molecule has 1 aliphatic heterocycles. The van der Waals surface area contributed by atoms with Crippen molar-refractivity contribution in [2.75, 3.05) is 11.9 Å². The van der Waals surface area contributed by atoms with Crippen LogP contribution in [0.4, 0.5) is 5.69 Å². The molecule has 3 nitrogen and oxygen atoms in total. The summed E-state index contributed by atoms with van der Waals surface area (Å²) in [6.45, 7) is 2.97. The molecule has 0 bridgehead atoms. The number of hydrogen-bond acceptors (Lipinski definition) is 2. The lowest BCUT2D eigenvalue weighted by atomic mass is 9.93. The van der Waals surface area contributed by atoms with Gasteiger partial charge in [0, 0.05) is 8.95 Å². The van der Waals surface area contributed by atoms with Crippen LogP contribution in [0.3, 0.4) is 0 Å². The highest BCUT2D eigenvalue weighted by Crippen LogP contribution is 2.29. The van der Waals surface area contributed by atoms with Crippen LogP contribution in [-0.4, -0.2) is 18.0 Å². The summed E-state index contributed by atoms with van der Waals surface area (Å²) in [4.78, 5) is 12.4. The van der Waals surface area contributed by atoms with Crippen LogP contribution in [0.1, 0.15) is 26.2 Å². The van der Waals surface area contributed by atoms with E-state index in [1.165, 1.54) is 0 Å². The number of halogens is 2. The van der Waals surface area contributed by atoms with Gasteiger partial charge in [-0.2, -0.15) is 0 Å². The molecule has 0 aliphatic carbocycles. The summed E-state index contributed by atoms with van der Waals surface area (Å²) in [6.07, 6.45) is 2.78. The number of rotatable bonds is 3. The maximum atomic E-state index is 12.4. The van der Waals surface area contributed by atoms with E-state index in [-0.39, 0.29) is 5.91 Å². The molecule has 18 heavy (non-hydrogen) atoms. The Labute approximate surface area is 124 Å². The number of carbonyl (C=O) groups excluding carboxylic acids is 1. The van der Waals surface area contributed by atoms with Gasteiger partial charge in [-0.3, -0.25) is 4.79 Å². The van der Waals surface area contributed by atoms with Gasteiger partial charge in [0.15, 0.2) is 0 Å². The molecule has 1 aliphatic rings. The Kier molecular flexibility index (Phi) is 4.45. The Morgan fingerprint density at radius 2 is 2.28 bits per heavy atom. The largest absolute Gasteiger partial charge is 0.323 e. The standard InChI is InChI=1S/C13H16Br2N2O/c1-2-13(6-3-7-16-13)12(18)17-11-5-4-9(14)8-10(11)15/h4-5,8,16H,2-3,6-7H2,1H3,(H,17,18). The Balaban J connectivity index is 2.15. The topological polar surface area (TPSA) is 41.1 Å². The van der Waals surface area contributed by atoms with Gasteiger partial charge in [-0.15, -0.1) is 0 Å². The van der Waals surface area contributed by atoms with Gasteiger partial charge in [-0.25, -0.2) is 0 Å². The number of carbonyl (C=O) groups is 1. The van der Waals surface area contributed by atoms with Gasteiger partial charge in [0.1, 0.15) is 0 Å². The average molecular weight is 376 g/mol. The van der Waals surface area contributed by atoms with Crippen molar-refractivity contribution in [3.8, 4) is 0 Å². The van der Waals surface area contributed by atoms with Crippen molar-refractivity contribution in [3.05, 3.63) is 27.1 Å². The molecule has 2 rings (SSSR count). The van der Waals surface area contributed by atoms with Crippen LogP contribution in [0, 0.1) is 0 Å². The molecule has 98 valence electrons. The van der Waals surface area contributed by atoms with Crippen LogP contribution in [0.15, 0.2) is 27.1 Å². The minimum atomic E-state index is -0.396. The second-order valence-corrected chi connectivity index (χ2v) is 6.31. The van der Waals surface area contributed by atoms with Gasteiger partial charge in [0.25, 0.3) is 0 Å². The van der Waals surface area contributed by atoms with E-state index in [4.69, 9.17) is 0 Å². The molecule has 0 aromatic heterocycles. The Hall–Kier alpha value is -0.390. The van der Waals surface area contributed by atoms with Crippen molar-refractivity contribution in [2.45, 2.75) is 31.7 Å². The highest BCUT2D eigenvalue weighted by atomic mass is 79.9. The molecule has 1 fully saturated rings. The number of nitrogens with one attached hydrogen (secondary N) is 2. The first-order chi connectivity index (χ1) is 8.57. The molecule has 5 heteroatoms. The summed E-state index contributed by atoms with van der Waals surface area (Å²) < 4.78 is 1.87. The number of hydrogen-bond donors (Lipinski definition) is 2. The lowest BCUT2D eigenvalue weighted by molar-refractivity contribution is -0.122. The molecular weight excluding hydrogens is 360 g/mol. The van der Waals surface area contributed by atoms with Gasteiger partial charge >= 0.3 is 0 Å². The maximum Gasteiger partial charge on any atom is 0.244 e. The Morgan fingerprint density at radius 3 is 2.83 bits per heavy atom. The van der Waals surface area contributed by atoms with E-state index >= 15 is 0 Å². The Bertz CT molecular complexity index is 456. The normalized spacial score (nSPS) is 23.1. The monoisotopic (exact) mass is 374 g/mol. The molecule has 1 amide bonds. The summed E-state index contributed by atoms with van der Waals surface area (Å²) in [5, 5.41) is 6.34. The van der Waals surface area contributed by atoms with E-state index in [1.54, 1.807) is 0 Å². The van der Waals surface area contributed by atoms with Gasteiger partial charge < -0.3 is 10.6 Å². The second-order valence-electron chi connectivity index (χ2n) is 4.54. The number of benzene rings is 1. The fourth-order valence-electron chi connectivity index (χ4n) is 2.30. The lowest BCUT2D eigenvalue weighted by Crippen LogP contribution is -2.50. The SMILES string of the molecule is CCC1(C(=O)Nc2ccc(Br)cc2Br)CCCN1. The molecule has 0 saturated carbocycles. The summed E-state index contributed by atoms with van der Waals surface area (Å²) >= 11 is 6.86. The molecule has 1 atom stereocenters. The fourth-order valence-corrected chi connectivity index (χ4v) is 3.44. The summed E-state index contributed by atoms with van der Waals surface area (Å²) in [5.41, 5.74) is 0.414. The molecule has 1 saturated heterocycles. The van der Waals surface area contributed by atoms with Crippen LogP contribution in [-0.2, 0) is 4.79 Å². The molecule has 1 unspecified atom stereocenters. The van der Waals surface area contributed by atoms with Crippen LogP contribution < -0.4 is 10.6 Å². The van der Waals surface area contributed by atoms with Gasteiger partial charge in [0.05, 0.1) is 11.2 Å². The predicted octanol–water partition coefficient (Wildman–Crippen LogP) is 3.68. The first kappa shape index (κ1) is 14.0. The van der Waals surface area contributed by atoms with E-state index in [2.05, 4.69) is 49.4 Å². The lowest BCUT2D eigenvalue weighted by Gasteiger charge is -2.27. The van der Waals surface area contributed by atoms with Crippen molar-refractivity contribution >= 4 is 43.5 Å². The highest BCUT2D eigenvalue weighted by molar-refractivity contribution is 9.11. The van der Waals surface area contributed by atoms with E-state index in [1.807, 2.05) is 18.2 Å². The highest BCUT2D eigenvalue weighted by Gasteiger charge is 2.39. The van der Waals surface area contributed by atoms with Gasteiger partial charge in [-0.1, -0.05) is 22.9 Å². The van der Waals surface area contributed by atoms with Gasteiger partial charge in [0.2, 0.25) is 5.91 Å². The molecule has 1 heterocycles. The van der Waals surface area contributed by atoms with Crippen molar-refractivity contribution in [1.82, 2.24) is 5.32 Å². The minimum Gasteiger partial charge on any atom is -0.323 e. The Morgan fingerprint density at radius 1 is 1.50 bits per heavy atom. The first-order valence-electron chi connectivity index (χ1n) is 6.09. The van der Waals surface area contributed by atoms with Crippen LogP contribution in [0.2, 0.25) is 0 Å². The smallest absolute Gasteiger partial charge is 0.244 e. The second kappa shape index (κ2) is 5.72. The van der Waals surface area contributed by atoms with E-state index < -0.39 is 5.54 Å². The van der Waals surface area contributed by atoms with Crippen molar-refractivity contribution in [2.24, 2.45) is 0 Å². The first-order valence-corrected chi connectivity index (χ1v) is 7.67. The third kappa shape index (κ3) is 2.78. The predicted molar refractivity (Wildman–Crippen MR) is 80.7 cm³/mol. The van der Waals surface area contributed by atoms with Gasteiger partial charge in [-0.05, 0) is 59.9 Å². The van der Waals surface area contributed by atoms with Crippen LogP contribution in [0.25, 0.3) is 0 Å².